The van der Waals surface area contributed by atoms with Crippen molar-refractivity contribution in [1.29, 1.82) is 5.26 Å². The molecule has 0 atom stereocenters. The molecule has 2 aromatic rings. The molecule has 0 radical (unpaired) electrons. The van der Waals surface area contributed by atoms with E-state index in [1.807, 2.05) is 18.5 Å². The van der Waals surface area contributed by atoms with E-state index in [1.54, 1.807) is 6.07 Å². The van der Waals surface area contributed by atoms with Gasteiger partial charge in [0.05, 0.1) is 13.2 Å². The number of aromatic nitrogens is 3. The second-order valence-corrected chi connectivity index (χ2v) is 4.25. The first-order valence-electron chi connectivity index (χ1n) is 6.12. The van der Waals surface area contributed by atoms with E-state index in [9.17, 15) is 0 Å². The molecule has 0 bridgehead atoms. The lowest BCUT2D eigenvalue weighted by Crippen LogP contribution is -2.36. The average Bonchev–Trinajstić information content (AvgIpc) is 3.02. The molecule has 3 heterocycles. The van der Waals surface area contributed by atoms with E-state index in [1.165, 1.54) is 0 Å². The van der Waals surface area contributed by atoms with Gasteiger partial charge in [0.25, 0.3) is 0 Å². The van der Waals surface area contributed by atoms with Crippen LogP contribution in [0.25, 0.3) is 11.4 Å². The second-order valence-electron chi connectivity index (χ2n) is 4.25. The molecule has 0 aromatic carbocycles. The number of nitrogens with zero attached hydrogens (tertiary/aromatic N) is 4. The van der Waals surface area contributed by atoms with Crippen molar-refractivity contribution in [2.45, 2.75) is 0 Å². The van der Waals surface area contributed by atoms with Crippen molar-refractivity contribution < 1.29 is 4.74 Å². The number of nitrogens with one attached hydrogen (secondary N) is 1. The fourth-order valence-electron chi connectivity index (χ4n) is 2.04. The summed E-state index contributed by atoms with van der Waals surface area (Å²) in [4.78, 5) is 13.9. The lowest BCUT2D eigenvalue weighted by Gasteiger charge is -2.27. The highest BCUT2D eigenvalue weighted by Crippen LogP contribution is 2.20. The molecule has 0 unspecified atom stereocenters. The maximum Gasteiger partial charge on any atom is 0.164 e. The van der Waals surface area contributed by atoms with Gasteiger partial charge in [-0.05, 0) is 6.07 Å². The lowest BCUT2D eigenvalue weighted by atomic mass is 10.3. The Labute approximate surface area is 110 Å². The number of H-pyrrole nitrogens is 1. The summed E-state index contributed by atoms with van der Waals surface area (Å²) in [5.41, 5.74) is 1.26. The van der Waals surface area contributed by atoms with Crippen LogP contribution in [0.2, 0.25) is 0 Å². The maximum absolute atomic E-state index is 9.09. The first-order chi connectivity index (χ1) is 9.36. The smallest absolute Gasteiger partial charge is 0.164 e. The second kappa shape index (κ2) is 5.08. The molecule has 1 aliphatic heterocycles. The predicted molar refractivity (Wildman–Crippen MR) is 69.6 cm³/mol. The number of morpholine rings is 1. The van der Waals surface area contributed by atoms with E-state index in [2.05, 4.69) is 25.9 Å². The Morgan fingerprint density at radius 1 is 1.32 bits per heavy atom. The summed E-state index contributed by atoms with van der Waals surface area (Å²) >= 11 is 0. The molecule has 6 nitrogen and oxygen atoms in total. The fraction of sp³-hybridized carbons (Fsp3) is 0.308. The molecule has 0 aliphatic carbocycles. The average molecular weight is 255 g/mol. The van der Waals surface area contributed by atoms with Crippen molar-refractivity contribution in [3.8, 4) is 17.5 Å². The lowest BCUT2D eigenvalue weighted by molar-refractivity contribution is 0.122. The summed E-state index contributed by atoms with van der Waals surface area (Å²) in [6.45, 7) is 2.94. The third-order valence-corrected chi connectivity index (χ3v) is 3.02. The summed E-state index contributed by atoms with van der Waals surface area (Å²) in [5, 5.41) is 9.09. The zero-order chi connectivity index (χ0) is 13.1. The summed E-state index contributed by atoms with van der Waals surface area (Å²) < 4.78 is 5.33. The van der Waals surface area contributed by atoms with Gasteiger partial charge >= 0.3 is 0 Å². The van der Waals surface area contributed by atoms with Crippen molar-refractivity contribution in [3.63, 3.8) is 0 Å². The van der Waals surface area contributed by atoms with E-state index < -0.39 is 0 Å². The van der Waals surface area contributed by atoms with E-state index in [-0.39, 0.29) is 0 Å². The van der Waals surface area contributed by atoms with Crippen LogP contribution < -0.4 is 4.90 Å². The van der Waals surface area contributed by atoms with Gasteiger partial charge in [-0.1, -0.05) is 0 Å². The summed E-state index contributed by atoms with van der Waals surface area (Å²) in [6, 6.07) is 5.70. The van der Waals surface area contributed by atoms with Crippen molar-refractivity contribution in [1.82, 2.24) is 15.0 Å². The molecule has 6 heteroatoms. The monoisotopic (exact) mass is 255 g/mol. The number of ether oxygens (including phenoxy) is 1. The van der Waals surface area contributed by atoms with Crippen LogP contribution in [0.3, 0.4) is 0 Å². The number of hydrogen-bond donors (Lipinski definition) is 1. The highest BCUT2D eigenvalue weighted by molar-refractivity contribution is 5.58. The number of rotatable bonds is 2. The van der Waals surface area contributed by atoms with Crippen LogP contribution in [0.5, 0.6) is 0 Å². The van der Waals surface area contributed by atoms with Crippen LogP contribution in [0.1, 0.15) is 5.69 Å². The molecule has 2 aromatic heterocycles. The van der Waals surface area contributed by atoms with Gasteiger partial charge in [-0.2, -0.15) is 5.26 Å². The van der Waals surface area contributed by atoms with E-state index in [4.69, 9.17) is 10.00 Å². The van der Waals surface area contributed by atoms with Gasteiger partial charge in [0.15, 0.2) is 5.82 Å². The quantitative estimate of drug-likeness (QED) is 0.871. The van der Waals surface area contributed by atoms with Crippen molar-refractivity contribution in [2.24, 2.45) is 0 Å². The number of aromatic amines is 1. The van der Waals surface area contributed by atoms with Crippen molar-refractivity contribution >= 4 is 5.82 Å². The summed E-state index contributed by atoms with van der Waals surface area (Å²) in [7, 11) is 0. The zero-order valence-corrected chi connectivity index (χ0v) is 10.3. The fourth-order valence-corrected chi connectivity index (χ4v) is 2.04. The van der Waals surface area contributed by atoms with E-state index in [0.29, 0.717) is 24.7 Å². The Morgan fingerprint density at radius 2 is 2.16 bits per heavy atom. The van der Waals surface area contributed by atoms with E-state index in [0.717, 1.165) is 24.5 Å². The minimum absolute atomic E-state index is 0.382. The van der Waals surface area contributed by atoms with Gasteiger partial charge in [-0.15, -0.1) is 0 Å². The van der Waals surface area contributed by atoms with Crippen LogP contribution >= 0.6 is 0 Å². The topological polar surface area (TPSA) is 77.8 Å². The summed E-state index contributed by atoms with van der Waals surface area (Å²) in [6.07, 6.45) is 3.63. The number of nitriles is 1. The Morgan fingerprint density at radius 3 is 2.84 bits per heavy atom. The standard InChI is InChI=1S/C13H13N5O/c14-8-11-7-12(18-3-5-19-6-4-18)17-13(16-11)10-1-2-15-9-10/h1-2,7,9,15H,3-6H2. The zero-order valence-electron chi connectivity index (χ0n) is 10.3. The van der Waals surface area contributed by atoms with Gasteiger partial charge < -0.3 is 14.6 Å². The van der Waals surface area contributed by atoms with Gasteiger partial charge in [0, 0.05) is 37.1 Å². The van der Waals surface area contributed by atoms with Gasteiger partial charge in [-0.3, -0.25) is 0 Å². The van der Waals surface area contributed by atoms with Crippen LogP contribution in [0, 0.1) is 11.3 Å². The third-order valence-electron chi connectivity index (χ3n) is 3.02. The molecule has 3 rings (SSSR count). The maximum atomic E-state index is 9.09. The molecule has 0 spiro atoms. The SMILES string of the molecule is N#Cc1cc(N2CCOCC2)nc(-c2cc[nH]c2)n1. The Bertz CT molecular complexity index is 596. The normalized spacial score (nSPS) is 15.2. The van der Waals surface area contributed by atoms with Crippen LogP contribution in [-0.2, 0) is 4.74 Å². The molecular formula is C13H13N5O. The highest BCUT2D eigenvalue weighted by atomic mass is 16.5. The molecule has 19 heavy (non-hydrogen) atoms. The van der Waals surface area contributed by atoms with Crippen LogP contribution in [0.15, 0.2) is 24.5 Å². The van der Waals surface area contributed by atoms with E-state index >= 15 is 0 Å². The molecule has 96 valence electrons. The minimum Gasteiger partial charge on any atom is -0.378 e. The first-order valence-corrected chi connectivity index (χ1v) is 6.12. The molecule has 0 amide bonds. The molecule has 1 fully saturated rings. The first kappa shape index (κ1) is 11.7. The predicted octanol–water partition coefficient (Wildman–Crippen LogP) is 1.18. The number of anilines is 1. The Kier molecular flexibility index (Phi) is 3.12. The molecular weight excluding hydrogens is 242 g/mol. The molecule has 1 saturated heterocycles. The molecule has 1 aliphatic rings. The largest absolute Gasteiger partial charge is 0.378 e. The van der Waals surface area contributed by atoms with Crippen LogP contribution in [-0.4, -0.2) is 41.3 Å². The van der Waals surface area contributed by atoms with Gasteiger partial charge in [0.2, 0.25) is 0 Å². The number of hydrogen-bond acceptors (Lipinski definition) is 5. The molecule has 1 N–H and O–H groups in total. The van der Waals surface area contributed by atoms with Crippen molar-refractivity contribution in [2.75, 3.05) is 31.2 Å². The molecule has 0 saturated carbocycles. The van der Waals surface area contributed by atoms with Crippen molar-refractivity contribution in [3.05, 3.63) is 30.2 Å². The highest BCUT2D eigenvalue weighted by Gasteiger charge is 2.15. The third kappa shape index (κ3) is 2.41. The minimum atomic E-state index is 0.382. The van der Waals surface area contributed by atoms with Crippen LogP contribution in [0.4, 0.5) is 5.82 Å². The Hall–Kier alpha value is -2.39. The Balaban J connectivity index is 2.00. The van der Waals surface area contributed by atoms with Gasteiger partial charge in [-0.25, -0.2) is 9.97 Å². The van der Waals surface area contributed by atoms with Gasteiger partial charge in [0.1, 0.15) is 17.6 Å². The summed E-state index contributed by atoms with van der Waals surface area (Å²) in [5.74, 6) is 1.35.